The van der Waals surface area contributed by atoms with Crippen molar-refractivity contribution in [2.45, 2.75) is 37.1 Å². The lowest BCUT2D eigenvalue weighted by molar-refractivity contribution is -0.118. The smallest absolute Gasteiger partial charge is 0.281 e. The van der Waals surface area contributed by atoms with E-state index in [-0.39, 0.29) is 22.8 Å². The van der Waals surface area contributed by atoms with Crippen molar-refractivity contribution in [2.75, 3.05) is 5.32 Å². The van der Waals surface area contributed by atoms with Crippen molar-refractivity contribution >= 4 is 33.7 Å². The number of hydrogen-bond acceptors (Lipinski definition) is 4. The van der Waals surface area contributed by atoms with Crippen molar-refractivity contribution in [1.82, 2.24) is 5.32 Å². The second-order valence-corrected chi connectivity index (χ2v) is 10.8. The van der Waals surface area contributed by atoms with Gasteiger partial charge in [-0.25, -0.2) is 4.39 Å². The Morgan fingerprint density at radius 3 is 2.27 bits per heavy atom. The average Bonchev–Trinajstić information content (AvgIpc) is 3.74. The van der Waals surface area contributed by atoms with Gasteiger partial charge in [0.1, 0.15) is 11.9 Å². The molecule has 1 unspecified atom stereocenters. The predicted octanol–water partition coefficient (Wildman–Crippen LogP) is 4.61. The van der Waals surface area contributed by atoms with Crippen LogP contribution in [0.4, 0.5) is 10.1 Å². The first-order valence-corrected chi connectivity index (χ1v) is 13.5. The van der Waals surface area contributed by atoms with Crippen LogP contribution in [0.15, 0.2) is 88.2 Å². The fraction of sp³-hybridized carbons (Fsp3) is 0.250. The number of halogens is 1. The maximum absolute atomic E-state index is 13.2. The number of amides is 2. The second kappa shape index (κ2) is 11.5. The molecule has 0 aliphatic heterocycles. The third-order valence-corrected chi connectivity index (χ3v) is 7.50. The van der Waals surface area contributed by atoms with Crippen molar-refractivity contribution in [2.24, 2.45) is 16.2 Å². The molecule has 37 heavy (non-hydrogen) atoms. The molecule has 7 nitrogen and oxygen atoms in total. The highest BCUT2D eigenvalue weighted by Crippen LogP contribution is 2.35. The molecule has 9 heteroatoms. The number of rotatable bonds is 10. The number of benzene rings is 3. The van der Waals surface area contributed by atoms with E-state index in [1.54, 1.807) is 0 Å². The number of nitrogens with zero attached hydrogens (tertiary/aromatic N) is 1. The summed E-state index contributed by atoms with van der Waals surface area (Å²) in [5, 5.41) is 5.44. The van der Waals surface area contributed by atoms with E-state index in [1.807, 2.05) is 37.3 Å². The molecule has 1 fully saturated rings. The molecule has 1 saturated carbocycles. The number of sulfonamides is 1. The summed E-state index contributed by atoms with van der Waals surface area (Å²) in [5.74, 6) is -0.852. The Morgan fingerprint density at radius 2 is 1.65 bits per heavy atom. The van der Waals surface area contributed by atoms with Gasteiger partial charge in [0.05, 0.1) is 4.90 Å². The molecule has 2 amide bonds. The summed E-state index contributed by atoms with van der Waals surface area (Å²) in [4.78, 5) is 25.9. The zero-order valence-electron chi connectivity index (χ0n) is 20.3. The monoisotopic (exact) mass is 521 g/mol. The van der Waals surface area contributed by atoms with Gasteiger partial charge in [0.2, 0.25) is 5.91 Å². The third kappa shape index (κ3) is 7.33. The molecule has 1 aliphatic rings. The second-order valence-electron chi connectivity index (χ2n) is 9.16. The normalized spacial score (nSPS) is 15.2. The van der Waals surface area contributed by atoms with Crippen LogP contribution >= 0.6 is 0 Å². The molecule has 2 atom stereocenters. The van der Waals surface area contributed by atoms with Crippen LogP contribution in [-0.2, 0) is 21.2 Å². The van der Waals surface area contributed by atoms with Crippen LogP contribution in [0, 0.1) is 17.7 Å². The van der Waals surface area contributed by atoms with E-state index in [1.165, 1.54) is 54.7 Å². The lowest BCUT2D eigenvalue weighted by atomic mass is 10.0. The maximum atomic E-state index is 13.2. The van der Waals surface area contributed by atoms with Gasteiger partial charge in [-0.3, -0.25) is 9.59 Å². The average molecular weight is 522 g/mol. The summed E-state index contributed by atoms with van der Waals surface area (Å²) in [6, 6.07) is 19.0. The molecular weight excluding hydrogens is 493 g/mol. The lowest BCUT2D eigenvalue weighted by Gasteiger charge is -2.19. The molecule has 0 heterocycles. The van der Waals surface area contributed by atoms with E-state index in [0.29, 0.717) is 11.6 Å². The number of nitrogens with one attached hydrogen (secondary N) is 2. The Balaban J connectivity index is 1.46. The maximum Gasteiger partial charge on any atom is 0.281 e. The molecule has 0 aromatic heterocycles. The van der Waals surface area contributed by atoms with Crippen LogP contribution in [0.3, 0.4) is 0 Å². The van der Waals surface area contributed by atoms with Crippen molar-refractivity contribution in [1.29, 1.82) is 0 Å². The fourth-order valence-electron chi connectivity index (χ4n) is 3.82. The van der Waals surface area contributed by atoms with Crippen LogP contribution in [0.2, 0.25) is 0 Å². The highest BCUT2D eigenvalue weighted by Gasteiger charge is 2.27. The van der Waals surface area contributed by atoms with E-state index >= 15 is 0 Å². The van der Waals surface area contributed by atoms with Gasteiger partial charge in [-0.15, -0.1) is 0 Å². The van der Waals surface area contributed by atoms with Crippen LogP contribution < -0.4 is 10.6 Å². The van der Waals surface area contributed by atoms with Gasteiger partial charge in [0.25, 0.3) is 15.9 Å². The molecule has 3 aromatic carbocycles. The molecule has 0 spiro atoms. The van der Waals surface area contributed by atoms with Crippen LogP contribution in [0.25, 0.3) is 0 Å². The minimum Gasteiger partial charge on any atom is -0.340 e. The molecule has 3 aromatic rings. The van der Waals surface area contributed by atoms with Gasteiger partial charge in [0.15, 0.2) is 0 Å². The zero-order valence-corrected chi connectivity index (χ0v) is 21.1. The third-order valence-electron chi connectivity index (χ3n) is 6.23. The first kappa shape index (κ1) is 26.2. The largest absolute Gasteiger partial charge is 0.340 e. The van der Waals surface area contributed by atoms with Crippen molar-refractivity contribution in [3.63, 3.8) is 0 Å². The molecule has 1 aliphatic carbocycles. The Labute approximate surface area is 215 Å². The van der Waals surface area contributed by atoms with Crippen molar-refractivity contribution in [3.05, 3.63) is 95.8 Å². The molecule has 4 rings (SSSR count). The predicted molar refractivity (Wildman–Crippen MR) is 140 cm³/mol. The Hall–Kier alpha value is -3.85. The standard InChI is InChI=1S/C28H28FN3O4S/c1-19(21-7-8-21)18-30-37(35,36)25-15-13-24(14-16-25)31-28(34)26(17-20-5-3-2-4-6-20)32-27(33)22-9-11-23(29)12-10-22/h2-6,9-16,18-19,21,26H,7-8,17H2,1H3,(H,31,34)(H,32,33)/b30-18+/t19?,26-/m0/s1. The van der Waals surface area contributed by atoms with Gasteiger partial charge >= 0.3 is 0 Å². The quantitative estimate of drug-likeness (QED) is 0.380. The summed E-state index contributed by atoms with van der Waals surface area (Å²) >= 11 is 0. The first-order valence-electron chi connectivity index (χ1n) is 12.0. The Kier molecular flexibility index (Phi) is 8.13. The van der Waals surface area contributed by atoms with Crippen molar-refractivity contribution < 1.29 is 22.4 Å². The summed E-state index contributed by atoms with van der Waals surface area (Å²) in [5.41, 5.74) is 1.42. The lowest BCUT2D eigenvalue weighted by Crippen LogP contribution is -2.45. The van der Waals surface area contributed by atoms with Crippen LogP contribution in [0.1, 0.15) is 35.7 Å². The number of hydrogen-bond donors (Lipinski definition) is 2. The summed E-state index contributed by atoms with van der Waals surface area (Å²) < 4.78 is 42.1. The molecule has 0 radical (unpaired) electrons. The van der Waals surface area contributed by atoms with Gasteiger partial charge in [-0.1, -0.05) is 37.3 Å². The molecule has 2 N–H and O–H groups in total. The molecule has 0 bridgehead atoms. The highest BCUT2D eigenvalue weighted by molar-refractivity contribution is 7.90. The van der Waals surface area contributed by atoms with Crippen LogP contribution in [-0.4, -0.2) is 32.5 Å². The molecular formula is C28H28FN3O4S. The number of carbonyl (C=O) groups is 2. The van der Waals surface area contributed by atoms with E-state index in [4.69, 9.17) is 0 Å². The topological polar surface area (TPSA) is 105 Å². The summed E-state index contributed by atoms with van der Waals surface area (Å²) in [6.07, 6.45) is 3.90. The Bertz CT molecular complexity index is 1370. The fourth-order valence-corrected chi connectivity index (χ4v) is 4.78. The van der Waals surface area contributed by atoms with Gasteiger partial charge in [-0.05, 0) is 78.8 Å². The highest BCUT2D eigenvalue weighted by atomic mass is 32.2. The minimum absolute atomic E-state index is 0.0233. The zero-order chi connectivity index (χ0) is 26.4. The summed E-state index contributed by atoms with van der Waals surface area (Å²) in [6.45, 7) is 1.95. The van der Waals surface area contributed by atoms with Gasteiger partial charge < -0.3 is 10.6 Å². The van der Waals surface area contributed by atoms with Gasteiger partial charge in [0, 0.05) is 23.9 Å². The van der Waals surface area contributed by atoms with Crippen molar-refractivity contribution in [3.8, 4) is 0 Å². The Morgan fingerprint density at radius 1 is 1.00 bits per heavy atom. The summed E-state index contributed by atoms with van der Waals surface area (Å²) in [7, 11) is -3.84. The van der Waals surface area contributed by atoms with E-state index in [2.05, 4.69) is 15.0 Å². The van der Waals surface area contributed by atoms with E-state index < -0.39 is 33.7 Å². The molecule has 192 valence electrons. The minimum atomic E-state index is -3.84. The van der Waals surface area contributed by atoms with E-state index in [9.17, 15) is 22.4 Å². The number of carbonyl (C=O) groups excluding carboxylic acids is 2. The van der Waals surface area contributed by atoms with Crippen LogP contribution in [0.5, 0.6) is 0 Å². The molecule has 0 saturated heterocycles. The van der Waals surface area contributed by atoms with E-state index in [0.717, 1.165) is 18.4 Å². The first-order chi connectivity index (χ1) is 17.7. The van der Waals surface area contributed by atoms with Gasteiger partial charge in [-0.2, -0.15) is 12.8 Å². The number of anilines is 1. The SMILES string of the molecule is CC(/C=N/S(=O)(=O)c1ccc(NC(=O)[C@H](Cc2ccccc2)NC(=O)c2ccc(F)cc2)cc1)C1CC1.